The Morgan fingerprint density at radius 1 is 1.20 bits per heavy atom. The van der Waals surface area contributed by atoms with Crippen LogP contribution in [-0.2, 0) is 4.74 Å². The van der Waals surface area contributed by atoms with Crippen LogP contribution in [0, 0.1) is 5.92 Å². The molecule has 0 aromatic carbocycles. The van der Waals surface area contributed by atoms with E-state index < -0.39 is 0 Å². The van der Waals surface area contributed by atoms with Crippen LogP contribution in [0.1, 0.15) is 32.1 Å². The summed E-state index contributed by atoms with van der Waals surface area (Å²) < 4.78 is 5.44. The van der Waals surface area contributed by atoms with E-state index in [0.717, 1.165) is 37.6 Å². The van der Waals surface area contributed by atoms with Gasteiger partial charge in [0.15, 0.2) is 0 Å². The molecule has 0 spiro atoms. The van der Waals surface area contributed by atoms with E-state index in [-0.39, 0.29) is 0 Å². The molecule has 88 valence electrons. The largest absolute Gasteiger partial charge is 0.381 e. The Bertz CT molecular complexity index is 176. The van der Waals surface area contributed by atoms with Crippen molar-refractivity contribution in [2.24, 2.45) is 5.92 Å². The molecule has 2 fully saturated rings. The zero-order valence-electron chi connectivity index (χ0n) is 9.46. The van der Waals surface area contributed by atoms with Crippen LogP contribution in [0.5, 0.6) is 0 Å². The summed E-state index contributed by atoms with van der Waals surface area (Å²) in [5.74, 6) is 1.53. The van der Waals surface area contributed by atoms with Gasteiger partial charge in [-0.2, -0.15) is 0 Å². The number of rotatable bonds is 5. The molecule has 0 amide bonds. The van der Waals surface area contributed by atoms with E-state index >= 15 is 0 Å². The summed E-state index contributed by atoms with van der Waals surface area (Å²) in [6, 6.07) is 0.810. The Morgan fingerprint density at radius 3 is 2.60 bits per heavy atom. The van der Waals surface area contributed by atoms with E-state index in [1.165, 1.54) is 38.6 Å². The van der Waals surface area contributed by atoms with E-state index in [2.05, 4.69) is 4.90 Å². The summed E-state index contributed by atoms with van der Waals surface area (Å²) in [7, 11) is 0. The van der Waals surface area contributed by atoms with Crippen LogP contribution >= 0.6 is 11.6 Å². The van der Waals surface area contributed by atoms with Crippen molar-refractivity contribution < 1.29 is 4.74 Å². The summed E-state index contributed by atoms with van der Waals surface area (Å²) >= 11 is 5.89. The maximum atomic E-state index is 5.89. The first kappa shape index (κ1) is 11.7. The minimum atomic E-state index is 0.758. The van der Waals surface area contributed by atoms with Crippen LogP contribution in [0.2, 0.25) is 0 Å². The molecule has 2 nitrogen and oxygen atoms in total. The molecule has 1 saturated carbocycles. The third-order valence-electron chi connectivity index (χ3n) is 3.73. The van der Waals surface area contributed by atoms with Crippen molar-refractivity contribution >= 4 is 11.6 Å². The normalized spacial score (nSPS) is 28.0. The molecule has 0 bridgehead atoms. The molecule has 1 heterocycles. The maximum Gasteiger partial charge on any atom is 0.0507 e. The molecule has 1 atom stereocenters. The molecular formula is C12H22ClNO. The lowest BCUT2D eigenvalue weighted by molar-refractivity contribution is 0.148. The molecule has 15 heavy (non-hydrogen) atoms. The first-order chi connectivity index (χ1) is 7.40. The lowest BCUT2D eigenvalue weighted by Gasteiger charge is -2.30. The molecule has 2 aliphatic rings. The van der Waals surface area contributed by atoms with Crippen molar-refractivity contribution in [3.8, 4) is 0 Å². The zero-order valence-corrected chi connectivity index (χ0v) is 10.2. The van der Waals surface area contributed by atoms with E-state index in [1.54, 1.807) is 0 Å². The maximum absolute atomic E-state index is 5.89. The second kappa shape index (κ2) is 6.07. The number of halogens is 1. The quantitative estimate of drug-likeness (QED) is 0.675. The first-order valence-corrected chi connectivity index (χ1v) is 6.81. The lowest BCUT2D eigenvalue weighted by atomic mass is 10.1. The van der Waals surface area contributed by atoms with Gasteiger partial charge in [-0.1, -0.05) is 12.8 Å². The van der Waals surface area contributed by atoms with Crippen LogP contribution in [0.15, 0.2) is 0 Å². The molecule has 1 saturated heterocycles. The Balaban J connectivity index is 1.81. The van der Waals surface area contributed by atoms with Crippen LogP contribution in [-0.4, -0.2) is 43.1 Å². The van der Waals surface area contributed by atoms with Gasteiger partial charge in [0.1, 0.15) is 0 Å². The van der Waals surface area contributed by atoms with Gasteiger partial charge in [0.2, 0.25) is 0 Å². The highest BCUT2D eigenvalue weighted by Crippen LogP contribution is 2.25. The van der Waals surface area contributed by atoms with Crippen molar-refractivity contribution in [1.29, 1.82) is 0 Å². The summed E-state index contributed by atoms with van der Waals surface area (Å²) in [6.07, 6.45) is 6.82. The van der Waals surface area contributed by atoms with Gasteiger partial charge in [0.05, 0.1) is 6.61 Å². The number of alkyl halides is 1. The van der Waals surface area contributed by atoms with Crippen molar-refractivity contribution in [1.82, 2.24) is 4.90 Å². The predicted octanol–water partition coefficient (Wildman–Crippen LogP) is 2.51. The molecule has 0 radical (unpaired) electrons. The summed E-state index contributed by atoms with van der Waals surface area (Å²) in [6.45, 7) is 4.19. The Kier molecular flexibility index (Phi) is 4.73. The van der Waals surface area contributed by atoms with Gasteiger partial charge < -0.3 is 4.74 Å². The average Bonchev–Trinajstić information content (AvgIpc) is 2.89. The summed E-state index contributed by atoms with van der Waals surface area (Å²) in [5, 5.41) is 0. The molecule has 3 heteroatoms. The second-order valence-electron chi connectivity index (χ2n) is 4.85. The molecule has 1 aliphatic carbocycles. The van der Waals surface area contributed by atoms with Gasteiger partial charge in [-0.3, -0.25) is 4.90 Å². The molecule has 1 aliphatic heterocycles. The molecular weight excluding hydrogens is 210 g/mol. The van der Waals surface area contributed by atoms with Gasteiger partial charge in [0, 0.05) is 31.6 Å². The molecule has 2 rings (SSSR count). The summed E-state index contributed by atoms with van der Waals surface area (Å²) in [4.78, 5) is 2.61. The molecule has 0 N–H and O–H groups in total. The summed E-state index contributed by atoms with van der Waals surface area (Å²) in [5.41, 5.74) is 0. The highest BCUT2D eigenvalue weighted by atomic mass is 35.5. The number of hydrogen-bond acceptors (Lipinski definition) is 2. The highest BCUT2D eigenvalue weighted by Gasteiger charge is 2.26. The van der Waals surface area contributed by atoms with Crippen LogP contribution in [0.4, 0.5) is 0 Å². The lowest BCUT2D eigenvalue weighted by Crippen LogP contribution is -2.38. The topological polar surface area (TPSA) is 12.5 Å². The van der Waals surface area contributed by atoms with Crippen molar-refractivity contribution in [3.05, 3.63) is 0 Å². The Labute approximate surface area is 97.9 Å². The number of ether oxygens (including phenoxy) is 1. The first-order valence-electron chi connectivity index (χ1n) is 6.28. The van der Waals surface area contributed by atoms with E-state index in [4.69, 9.17) is 16.3 Å². The number of nitrogens with zero attached hydrogens (tertiary/aromatic N) is 1. The van der Waals surface area contributed by atoms with Crippen molar-refractivity contribution in [3.63, 3.8) is 0 Å². The Hall–Kier alpha value is 0.210. The van der Waals surface area contributed by atoms with Gasteiger partial charge in [0.25, 0.3) is 0 Å². The van der Waals surface area contributed by atoms with Crippen LogP contribution < -0.4 is 0 Å². The standard InChI is InChI=1S/C12H22ClNO/c13-6-7-14(12-3-1-2-4-12)9-11-5-8-15-10-11/h11-12H,1-10H2. The third kappa shape index (κ3) is 3.33. The second-order valence-corrected chi connectivity index (χ2v) is 5.23. The van der Waals surface area contributed by atoms with Crippen molar-refractivity contribution in [2.45, 2.75) is 38.1 Å². The molecule has 1 unspecified atom stereocenters. The minimum Gasteiger partial charge on any atom is -0.381 e. The van der Waals surface area contributed by atoms with Crippen LogP contribution in [0.25, 0.3) is 0 Å². The smallest absolute Gasteiger partial charge is 0.0507 e. The van der Waals surface area contributed by atoms with E-state index in [0.29, 0.717) is 0 Å². The van der Waals surface area contributed by atoms with Crippen LogP contribution in [0.3, 0.4) is 0 Å². The van der Waals surface area contributed by atoms with Gasteiger partial charge in [-0.05, 0) is 25.2 Å². The monoisotopic (exact) mass is 231 g/mol. The minimum absolute atomic E-state index is 0.758. The fourth-order valence-electron chi connectivity index (χ4n) is 2.86. The van der Waals surface area contributed by atoms with E-state index in [9.17, 15) is 0 Å². The number of hydrogen-bond donors (Lipinski definition) is 0. The highest BCUT2D eigenvalue weighted by molar-refractivity contribution is 6.18. The van der Waals surface area contributed by atoms with Gasteiger partial charge in [-0.15, -0.1) is 11.6 Å². The zero-order chi connectivity index (χ0) is 10.5. The fraction of sp³-hybridized carbons (Fsp3) is 1.00. The molecule has 0 aromatic heterocycles. The SMILES string of the molecule is ClCCN(CC1CCOC1)C1CCCC1. The van der Waals surface area contributed by atoms with E-state index in [1.807, 2.05) is 0 Å². The average molecular weight is 232 g/mol. The van der Waals surface area contributed by atoms with Gasteiger partial charge in [-0.25, -0.2) is 0 Å². The Morgan fingerprint density at radius 2 is 2.00 bits per heavy atom. The van der Waals surface area contributed by atoms with Gasteiger partial charge >= 0.3 is 0 Å². The third-order valence-corrected chi connectivity index (χ3v) is 3.90. The fourth-order valence-corrected chi connectivity index (χ4v) is 3.08. The molecule has 0 aromatic rings. The van der Waals surface area contributed by atoms with Crippen molar-refractivity contribution in [2.75, 3.05) is 32.2 Å². The predicted molar refractivity (Wildman–Crippen MR) is 63.5 cm³/mol.